The lowest BCUT2D eigenvalue weighted by Gasteiger charge is -2.21. The summed E-state index contributed by atoms with van der Waals surface area (Å²) in [5, 5.41) is 0. The third-order valence-corrected chi connectivity index (χ3v) is 9.44. The van der Waals surface area contributed by atoms with E-state index >= 15 is 0 Å². The van der Waals surface area contributed by atoms with Gasteiger partial charge in [0.2, 0.25) is 0 Å². The second-order valence-corrected chi connectivity index (χ2v) is 13.9. The summed E-state index contributed by atoms with van der Waals surface area (Å²) >= 11 is 0. The minimum absolute atomic E-state index is 0.346. The van der Waals surface area contributed by atoms with Crippen LogP contribution in [-0.4, -0.2) is 30.3 Å². The molecule has 0 unspecified atom stereocenters. The molecule has 2 nitrogen and oxygen atoms in total. The zero-order valence-corrected chi connectivity index (χ0v) is 29.8. The number of Topliss-reactive ketones (excluding diaryl/α,β-unsaturated/α-hetero) is 1. The fraction of sp³-hybridized carbons (Fsp3) is 0.975. The molecule has 0 aromatic heterocycles. The Morgan fingerprint density at radius 1 is 0.333 bits per heavy atom. The van der Waals surface area contributed by atoms with Crippen molar-refractivity contribution in [2.45, 2.75) is 233 Å². The van der Waals surface area contributed by atoms with Gasteiger partial charge in [0.25, 0.3) is 0 Å². The molecule has 42 heavy (non-hydrogen) atoms. The average Bonchev–Trinajstić information content (AvgIpc) is 2.98. The van der Waals surface area contributed by atoms with Crippen LogP contribution in [0.2, 0.25) is 0 Å². The molecule has 0 fully saturated rings. The van der Waals surface area contributed by atoms with E-state index < -0.39 is 0 Å². The summed E-state index contributed by atoms with van der Waals surface area (Å²) in [4.78, 5) is 14.2. The van der Waals surface area contributed by atoms with Crippen molar-refractivity contribution < 1.29 is 4.79 Å². The minimum Gasteiger partial charge on any atom is -0.303 e. The first-order valence-electron chi connectivity index (χ1n) is 19.9. The van der Waals surface area contributed by atoms with E-state index in [1.54, 1.807) is 6.92 Å². The minimum atomic E-state index is 0.346. The van der Waals surface area contributed by atoms with Crippen LogP contribution < -0.4 is 0 Å². The molecule has 0 saturated carbocycles. The fourth-order valence-corrected chi connectivity index (χ4v) is 6.42. The molecule has 2 heteroatoms. The van der Waals surface area contributed by atoms with Crippen LogP contribution in [0.3, 0.4) is 0 Å². The van der Waals surface area contributed by atoms with E-state index in [-0.39, 0.29) is 0 Å². The monoisotopic (exact) mass is 592 g/mol. The lowest BCUT2D eigenvalue weighted by Crippen LogP contribution is -2.28. The maximum Gasteiger partial charge on any atom is 0.131 e. The van der Waals surface area contributed by atoms with Gasteiger partial charge in [-0.25, -0.2) is 0 Å². The molecule has 0 amide bonds. The summed E-state index contributed by atoms with van der Waals surface area (Å²) in [5.41, 5.74) is 0. The van der Waals surface area contributed by atoms with Crippen molar-refractivity contribution in [1.29, 1.82) is 0 Å². The number of carbonyl (C=O) groups excluding carboxylic acids is 1. The molecule has 0 atom stereocenters. The van der Waals surface area contributed by atoms with Crippen molar-refractivity contribution in [3.8, 4) is 0 Å². The molecule has 0 spiro atoms. The number of carbonyl (C=O) groups is 1. The predicted octanol–water partition coefficient (Wildman–Crippen LogP) is 13.8. The quantitative estimate of drug-likeness (QED) is 0.0670. The summed E-state index contributed by atoms with van der Waals surface area (Å²) < 4.78 is 0. The summed E-state index contributed by atoms with van der Waals surface area (Å²) in [6, 6.07) is 0. The molecular formula is C40H81NO. The van der Waals surface area contributed by atoms with Crippen molar-refractivity contribution >= 4 is 5.78 Å². The first-order valence-corrected chi connectivity index (χ1v) is 19.9. The van der Waals surface area contributed by atoms with Gasteiger partial charge in [-0.05, 0) is 32.9 Å². The topological polar surface area (TPSA) is 20.3 Å². The van der Waals surface area contributed by atoms with Gasteiger partial charge in [-0.3, -0.25) is 4.79 Å². The first-order chi connectivity index (χ1) is 20.7. The van der Waals surface area contributed by atoms with Gasteiger partial charge >= 0.3 is 0 Å². The molecule has 0 aliphatic carbocycles. The summed E-state index contributed by atoms with van der Waals surface area (Å²) in [6.07, 6.45) is 46.4. The zero-order valence-electron chi connectivity index (χ0n) is 29.8. The Morgan fingerprint density at radius 3 is 0.762 bits per heavy atom. The first kappa shape index (κ1) is 41.6. The summed E-state index contributed by atoms with van der Waals surface area (Å²) in [7, 11) is 0. The number of rotatable bonds is 37. The Bertz CT molecular complexity index is 468. The Hall–Kier alpha value is -0.370. The number of ketones is 1. The highest BCUT2D eigenvalue weighted by atomic mass is 16.1. The highest BCUT2D eigenvalue weighted by molar-refractivity contribution is 5.75. The van der Waals surface area contributed by atoms with Crippen molar-refractivity contribution in [2.75, 3.05) is 19.6 Å². The molecule has 0 aromatic carbocycles. The molecule has 0 aliphatic rings. The smallest absolute Gasteiger partial charge is 0.131 e. The fourth-order valence-electron chi connectivity index (χ4n) is 6.42. The van der Waals surface area contributed by atoms with Gasteiger partial charge in [0.15, 0.2) is 0 Å². The number of hydrogen-bond acceptors (Lipinski definition) is 2. The Balaban J connectivity index is 3.54. The SMILES string of the molecule is CCCCCCCCCCCCCCCCCCN(CCCCCCCCCCCCCCCCCC)CCC(C)=O. The third-order valence-electron chi connectivity index (χ3n) is 9.44. The maximum atomic E-state index is 11.6. The molecular weight excluding hydrogens is 510 g/mol. The van der Waals surface area contributed by atoms with E-state index in [1.807, 2.05) is 0 Å². The Morgan fingerprint density at radius 2 is 0.548 bits per heavy atom. The molecule has 0 rings (SSSR count). The van der Waals surface area contributed by atoms with Gasteiger partial charge in [0.05, 0.1) is 0 Å². The van der Waals surface area contributed by atoms with Crippen LogP contribution in [0.1, 0.15) is 233 Å². The molecule has 252 valence electrons. The predicted molar refractivity (Wildman–Crippen MR) is 191 cm³/mol. The van der Waals surface area contributed by atoms with Gasteiger partial charge in [-0.1, -0.05) is 206 Å². The number of nitrogens with zero attached hydrogens (tertiary/aromatic N) is 1. The second kappa shape index (κ2) is 36.8. The lowest BCUT2D eigenvalue weighted by atomic mass is 10.0. The summed E-state index contributed by atoms with van der Waals surface area (Å²) in [5.74, 6) is 0.346. The van der Waals surface area contributed by atoms with E-state index in [1.165, 1.54) is 219 Å². The number of hydrogen-bond donors (Lipinski definition) is 0. The van der Waals surface area contributed by atoms with E-state index in [0.29, 0.717) is 5.78 Å². The van der Waals surface area contributed by atoms with E-state index in [9.17, 15) is 4.79 Å². The van der Waals surface area contributed by atoms with E-state index in [2.05, 4.69) is 18.7 Å². The van der Waals surface area contributed by atoms with E-state index in [0.717, 1.165) is 13.0 Å². The van der Waals surface area contributed by atoms with Crippen molar-refractivity contribution in [3.05, 3.63) is 0 Å². The van der Waals surface area contributed by atoms with Gasteiger partial charge in [0, 0.05) is 13.0 Å². The molecule has 0 radical (unpaired) electrons. The Labute approximate surface area is 267 Å². The average molecular weight is 592 g/mol. The largest absolute Gasteiger partial charge is 0.303 e. The normalized spacial score (nSPS) is 11.6. The number of unbranched alkanes of at least 4 members (excludes halogenated alkanes) is 30. The molecule has 0 bridgehead atoms. The highest BCUT2D eigenvalue weighted by Crippen LogP contribution is 2.16. The van der Waals surface area contributed by atoms with Gasteiger partial charge in [0.1, 0.15) is 5.78 Å². The zero-order chi connectivity index (χ0) is 30.6. The van der Waals surface area contributed by atoms with Crippen molar-refractivity contribution in [3.63, 3.8) is 0 Å². The Kier molecular flexibility index (Phi) is 36.5. The molecule has 0 heterocycles. The van der Waals surface area contributed by atoms with Gasteiger partial charge in [-0.2, -0.15) is 0 Å². The van der Waals surface area contributed by atoms with Crippen LogP contribution in [0.25, 0.3) is 0 Å². The maximum absolute atomic E-state index is 11.6. The molecule has 0 aromatic rings. The molecule has 0 N–H and O–H groups in total. The van der Waals surface area contributed by atoms with Crippen LogP contribution in [0, 0.1) is 0 Å². The van der Waals surface area contributed by atoms with Gasteiger partial charge in [-0.15, -0.1) is 0 Å². The van der Waals surface area contributed by atoms with Crippen LogP contribution in [0.4, 0.5) is 0 Å². The second-order valence-electron chi connectivity index (χ2n) is 13.9. The van der Waals surface area contributed by atoms with Crippen LogP contribution >= 0.6 is 0 Å². The van der Waals surface area contributed by atoms with Crippen LogP contribution in [0.15, 0.2) is 0 Å². The lowest BCUT2D eigenvalue weighted by molar-refractivity contribution is -0.117. The van der Waals surface area contributed by atoms with Gasteiger partial charge < -0.3 is 4.90 Å². The van der Waals surface area contributed by atoms with Crippen molar-refractivity contribution in [2.24, 2.45) is 0 Å². The van der Waals surface area contributed by atoms with Crippen molar-refractivity contribution in [1.82, 2.24) is 4.90 Å². The third kappa shape index (κ3) is 35.8. The summed E-state index contributed by atoms with van der Waals surface area (Å²) in [6.45, 7) is 9.73. The molecule has 0 saturated heterocycles. The standard InChI is InChI=1S/C40H81NO/c1-4-6-8-10-12-14-16-18-20-22-24-26-28-30-32-34-37-41(39-36-40(3)42)38-35-33-31-29-27-25-23-21-19-17-15-13-11-9-7-5-2/h4-39H2,1-3H3. The molecule has 0 aliphatic heterocycles. The van der Waals surface area contributed by atoms with Crippen LogP contribution in [-0.2, 0) is 4.79 Å². The van der Waals surface area contributed by atoms with E-state index in [4.69, 9.17) is 0 Å². The highest BCUT2D eigenvalue weighted by Gasteiger charge is 2.06. The van der Waals surface area contributed by atoms with Crippen LogP contribution in [0.5, 0.6) is 0 Å².